The van der Waals surface area contributed by atoms with Gasteiger partial charge in [0.2, 0.25) is 0 Å². The number of aryl methyl sites for hydroxylation is 2. The minimum absolute atomic E-state index is 0.119. The molecule has 1 fully saturated rings. The number of hydrogen-bond donors (Lipinski definition) is 0. The van der Waals surface area contributed by atoms with Crippen LogP contribution in [0.3, 0.4) is 0 Å². The van der Waals surface area contributed by atoms with Crippen molar-refractivity contribution >= 4 is 22.8 Å². The number of carbonyl (C=O) groups excluding carboxylic acids is 1. The quantitative estimate of drug-likeness (QED) is 0.826. The number of thioether (sulfide) groups is 1. The van der Waals surface area contributed by atoms with Gasteiger partial charge in [-0.2, -0.15) is 5.10 Å². The van der Waals surface area contributed by atoms with E-state index in [4.69, 9.17) is 0 Å². The van der Waals surface area contributed by atoms with Crippen molar-refractivity contribution in [2.24, 2.45) is 4.99 Å². The summed E-state index contributed by atoms with van der Waals surface area (Å²) in [5, 5.41) is 6.19. The highest BCUT2D eigenvalue weighted by Crippen LogP contribution is 2.24. The van der Waals surface area contributed by atoms with Gasteiger partial charge in [-0.05, 0) is 20.8 Å². The summed E-state index contributed by atoms with van der Waals surface area (Å²) in [7, 11) is 0. The summed E-state index contributed by atoms with van der Waals surface area (Å²) in [5.41, 5.74) is 2.59. The van der Waals surface area contributed by atoms with E-state index in [-0.39, 0.29) is 5.91 Å². The molecule has 1 atom stereocenters. The van der Waals surface area contributed by atoms with Crippen LogP contribution in [0.2, 0.25) is 0 Å². The third kappa shape index (κ3) is 3.11. The maximum absolute atomic E-state index is 12.9. The highest BCUT2D eigenvalue weighted by atomic mass is 32.2. The lowest BCUT2D eigenvalue weighted by Crippen LogP contribution is -2.50. The Balaban J connectivity index is 1.66. The van der Waals surface area contributed by atoms with E-state index in [0.717, 1.165) is 61.4 Å². The summed E-state index contributed by atoms with van der Waals surface area (Å²) >= 11 is 1.85. The number of aliphatic imine (C=N–C) groups is 1. The Morgan fingerprint density at radius 3 is 2.48 bits per heavy atom. The molecule has 6 nitrogen and oxygen atoms in total. The van der Waals surface area contributed by atoms with E-state index in [0.29, 0.717) is 5.25 Å². The topological polar surface area (TPSA) is 53.7 Å². The Morgan fingerprint density at radius 2 is 1.96 bits per heavy atom. The molecule has 0 N–H and O–H groups in total. The average Bonchev–Trinajstić information content (AvgIpc) is 3.10. The molecule has 0 unspecified atom stereocenters. The van der Waals surface area contributed by atoms with Gasteiger partial charge in [0.1, 0.15) is 0 Å². The predicted molar refractivity (Wildman–Crippen MR) is 94.2 cm³/mol. The maximum Gasteiger partial charge on any atom is 0.257 e. The molecule has 3 rings (SSSR count). The number of nitrogens with zero attached hydrogens (tertiary/aromatic N) is 5. The summed E-state index contributed by atoms with van der Waals surface area (Å²) < 4.78 is 1.91. The van der Waals surface area contributed by atoms with Crippen LogP contribution in [0.25, 0.3) is 0 Å². The first-order chi connectivity index (χ1) is 11.0. The van der Waals surface area contributed by atoms with Crippen molar-refractivity contribution in [1.29, 1.82) is 0 Å². The normalized spacial score (nSPS) is 21.7. The van der Waals surface area contributed by atoms with Crippen LogP contribution >= 0.6 is 11.8 Å². The van der Waals surface area contributed by atoms with Crippen LogP contribution in [0.1, 0.15) is 35.6 Å². The van der Waals surface area contributed by atoms with Crippen LogP contribution in [0.5, 0.6) is 0 Å². The maximum atomic E-state index is 12.9. The second-order valence-electron chi connectivity index (χ2n) is 6.19. The van der Waals surface area contributed by atoms with Gasteiger partial charge in [0.25, 0.3) is 5.91 Å². The van der Waals surface area contributed by atoms with Crippen LogP contribution in [0, 0.1) is 13.8 Å². The molecule has 7 heteroatoms. The van der Waals surface area contributed by atoms with Gasteiger partial charge in [0, 0.05) is 43.7 Å². The minimum Gasteiger partial charge on any atom is -0.348 e. The van der Waals surface area contributed by atoms with E-state index < -0.39 is 0 Å². The molecule has 0 aromatic carbocycles. The fourth-order valence-corrected chi connectivity index (χ4v) is 4.20. The second kappa shape index (κ2) is 6.55. The molecule has 0 aliphatic carbocycles. The van der Waals surface area contributed by atoms with Crippen LogP contribution < -0.4 is 0 Å². The lowest BCUT2D eigenvalue weighted by atomic mass is 10.1. The number of piperazine rings is 1. The number of hydrogen-bond acceptors (Lipinski definition) is 5. The van der Waals surface area contributed by atoms with Crippen LogP contribution in [0.4, 0.5) is 0 Å². The van der Waals surface area contributed by atoms with E-state index in [1.807, 2.05) is 42.1 Å². The summed E-state index contributed by atoms with van der Waals surface area (Å²) in [5.74, 6) is 0.119. The lowest BCUT2D eigenvalue weighted by molar-refractivity contribution is 0.0692. The van der Waals surface area contributed by atoms with Crippen molar-refractivity contribution in [2.45, 2.75) is 39.5 Å². The SMILES string of the molecule is CCn1nc(C)c(C(=O)N2CCN(C3=NC[C@H](C)S3)CC2)c1C. The Bertz CT molecular complexity index is 631. The first-order valence-corrected chi connectivity index (χ1v) is 9.18. The smallest absolute Gasteiger partial charge is 0.257 e. The van der Waals surface area contributed by atoms with Gasteiger partial charge >= 0.3 is 0 Å². The number of amides is 1. The zero-order valence-electron chi connectivity index (χ0n) is 14.4. The zero-order chi connectivity index (χ0) is 16.6. The van der Waals surface area contributed by atoms with Gasteiger partial charge in [-0.1, -0.05) is 18.7 Å². The van der Waals surface area contributed by atoms with Gasteiger partial charge in [0.15, 0.2) is 5.17 Å². The molecule has 1 amide bonds. The first-order valence-electron chi connectivity index (χ1n) is 8.30. The Hall–Kier alpha value is -1.50. The number of rotatable bonds is 2. The largest absolute Gasteiger partial charge is 0.348 e. The van der Waals surface area contributed by atoms with Gasteiger partial charge in [-0.25, -0.2) is 0 Å². The Kier molecular flexibility index (Phi) is 4.66. The van der Waals surface area contributed by atoms with Gasteiger partial charge in [0.05, 0.1) is 17.8 Å². The van der Waals surface area contributed by atoms with E-state index in [1.54, 1.807) is 0 Å². The Morgan fingerprint density at radius 1 is 1.26 bits per heavy atom. The molecule has 126 valence electrons. The predicted octanol–water partition coefficient (Wildman–Crippen LogP) is 1.77. The van der Waals surface area contributed by atoms with E-state index in [9.17, 15) is 4.79 Å². The molecule has 1 aromatic heterocycles. The molecule has 23 heavy (non-hydrogen) atoms. The van der Waals surface area contributed by atoms with Crippen LogP contribution in [0.15, 0.2) is 4.99 Å². The van der Waals surface area contributed by atoms with Gasteiger partial charge in [-0.15, -0.1) is 0 Å². The number of carbonyl (C=O) groups is 1. The van der Waals surface area contributed by atoms with Crippen molar-refractivity contribution in [3.05, 3.63) is 17.0 Å². The van der Waals surface area contributed by atoms with Crippen molar-refractivity contribution in [2.75, 3.05) is 32.7 Å². The molecule has 0 saturated carbocycles. The molecule has 3 heterocycles. The molecule has 0 spiro atoms. The third-order valence-electron chi connectivity index (χ3n) is 4.52. The van der Waals surface area contributed by atoms with Crippen molar-refractivity contribution in [3.63, 3.8) is 0 Å². The number of aromatic nitrogens is 2. The number of amidine groups is 1. The standard InChI is InChI=1S/C16H25N5OS/c1-5-21-13(4)14(12(3)18-21)15(22)19-6-8-20(9-7-19)16-17-10-11(2)23-16/h11H,5-10H2,1-4H3/t11-/m0/s1. The Labute approximate surface area is 141 Å². The van der Waals surface area contributed by atoms with E-state index >= 15 is 0 Å². The van der Waals surface area contributed by atoms with Crippen LogP contribution in [-0.4, -0.2) is 68.6 Å². The zero-order valence-corrected chi connectivity index (χ0v) is 15.2. The first kappa shape index (κ1) is 16.4. The van der Waals surface area contributed by atoms with Gasteiger partial charge < -0.3 is 9.80 Å². The van der Waals surface area contributed by atoms with Crippen molar-refractivity contribution in [3.8, 4) is 0 Å². The second-order valence-corrected chi connectivity index (χ2v) is 7.60. The molecule has 0 radical (unpaired) electrons. The van der Waals surface area contributed by atoms with Crippen LogP contribution in [-0.2, 0) is 6.54 Å². The molecular weight excluding hydrogens is 310 g/mol. The summed E-state index contributed by atoms with van der Waals surface area (Å²) in [6.45, 7) is 13.1. The molecule has 2 aliphatic heterocycles. The van der Waals surface area contributed by atoms with Crippen molar-refractivity contribution in [1.82, 2.24) is 19.6 Å². The summed E-state index contributed by atoms with van der Waals surface area (Å²) in [4.78, 5) is 21.7. The molecular formula is C16H25N5OS. The van der Waals surface area contributed by atoms with E-state index in [2.05, 4.69) is 21.9 Å². The molecule has 2 aliphatic rings. The molecule has 1 saturated heterocycles. The average molecular weight is 335 g/mol. The highest BCUT2D eigenvalue weighted by molar-refractivity contribution is 8.14. The molecule has 0 bridgehead atoms. The highest BCUT2D eigenvalue weighted by Gasteiger charge is 2.29. The third-order valence-corrected chi connectivity index (χ3v) is 5.67. The molecule has 1 aromatic rings. The summed E-state index contributed by atoms with van der Waals surface area (Å²) in [6, 6.07) is 0. The lowest BCUT2D eigenvalue weighted by Gasteiger charge is -2.35. The summed E-state index contributed by atoms with van der Waals surface area (Å²) in [6.07, 6.45) is 0. The van der Waals surface area contributed by atoms with E-state index in [1.165, 1.54) is 0 Å². The monoisotopic (exact) mass is 335 g/mol. The fraction of sp³-hybridized carbons (Fsp3) is 0.688. The minimum atomic E-state index is 0.119. The fourth-order valence-electron chi connectivity index (χ4n) is 3.21. The van der Waals surface area contributed by atoms with Gasteiger partial charge in [-0.3, -0.25) is 14.5 Å². The van der Waals surface area contributed by atoms with Crippen molar-refractivity contribution < 1.29 is 4.79 Å².